The molecule has 1 aromatic rings. The number of carbonyl (C=O) groups is 1. The number of allylic oxidation sites excluding steroid dienone is 4. The number of aryl methyl sites for hydroxylation is 1. The van der Waals surface area contributed by atoms with Gasteiger partial charge in [-0.15, -0.1) is 0 Å². The molecule has 0 amide bonds. The zero-order chi connectivity index (χ0) is 23.0. The average molecular weight is 439 g/mol. The largest absolute Gasteiger partial charge is 0.356 e. The normalized spacial score (nSPS) is 11.5. The van der Waals surface area contributed by atoms with E-state index >= 15 is 0 Å². The van der Waals surface area contributed by atoms with Crippen molar-refractivity contribution in [1.82, 2.24) is 4.98 Å². The third kappa shape index (κ3) is 17.6. The monoisotopic (exact) mass is 438 g/mol. The summed E-state index contributed by atoms with van der Waals surface area (Å²) < 4.78 is 0. The molecule has 0 fully saturated rings. The molecule has 0 atom stereocenters. The van der Waals surface area contributed by atoms with Crippen molar-refractivity contribution in [3.63, 3.8) is 0 Å². The molecule has 0 radical (unpaired) electrons. The number of hydrogen-bond donors (Lipinski definition) is 1. The van der Waals surface area contributed by atoms with Gasteiger partial charge in [0.2, 0.25) is 0 Å². The second kappa shape index (κ2) is 22.1. The summed E-state index contributed by atoms with van der Waals surface area (Å²) in [6.45, 7) is 0. The van der Waals surface area contributed by atoms with Crippen LogP contribution in [0.25, 0.3) is 0 Å². The molecule has 0 unspecified atom stereocenters. The Morgan fingerprint density at radius 3 is 1.75 bits per heavy atom. The number of aromatic amines is 1. The number of nitrogens with zero attached hydrogens (tertiary/aromatic N) is 1. The van der Waals surface area contributed by atoms with Crippen LogP contribution in [0.3, 0.4) is 0 Å². The molecule has 0 spiro atoms. The molecule has 0 bridgehead atoms. The van der Waals surface area contributed by atoms with E-state index in [1.807, 2.05) is 12.1 Å². The van der Waals surface area contributed by atoms with E-state index in [0.717, 1.165) is 50.5 Å². The Morgan fingerprint density at radius 2 is 1.22 bits per heavy atom. The molecule has 1 N–H and O–H groups in total. The Morgan fingerprint density at radius 1 is 0.688 bits per heavy atom. The molecule has 1 rings (SSSR count). The van der Waals surface area contributed by atoms with E-state index in [1.165, 1.54) is 83.5 Å². The third-order valence-electron chi connectivity index (χ3n) is 5.98. The number of H-pyrrole nitrogens is 1. The number of nitrogens with one attached hydrogen (secondary N) is 1. The predicted molar refractivity (Wildman–Crippen MR) is 137 cm³/mol. The maximum atomic E-state index is 10.6. The molecule has 0 aliphatic rings. The lowest BCUT2D eigenvalue weighted by Crippen LogP contribution is -1.86. The first kappa shape index (κ1) is 28.0. The van der Waals surface area contributed by atoms with Crippen LogP contribution in [0.5, 0.6) is 0 Å². The fourth-order valence-electron chi connectivity index (χ4n) is 3.99. The second-order valence-corrected chi connectivity index (χ2v) is 8.92. The molecular formula is C29H46N2O. The Kier molecular flexibility index (Phi) is 19.3. The molecule has 0 aromatic carbocycles. The maximum Gasteiger partial charge on any atom is 0.166 e. The molecule has 3 nitrogen and oxygen atoms in total. The van der Waals surface area contributed by atoms with Crippen molar-refractivity contribution in [1.29, 1.82) is 5.26 Å². The summed E-state index contributed by atoms with van der Waals surface area (Å²) in [6.07, 6.45) is 33.6. The van der Waals surface area contributed by atoms with E-state index in [9.17, 15) is 4.79 Å². The maximum absolute atomic E-state index is 10.6. The zero-order valence-electron chi connectivity index (χ0n) is 20.3. The van der Waals surface area contributed by atoms with Crippen molar-refractivity contribution in [2.45, 2.75) is 122 Å². The van der Waals surface area contributed by atoms with Crippen LogP contribution in [0.2, 0.25) is 0 Å². The second-order valence-electron chi connectivity index (χ2n) is 8.92. The molecular weight excluding hydrogens is 392 g/mol. The SMILES string of the molecule is N#CCCCCCCCCCCCCCC/C=C\C/C=C\CCCCc1ccc(C=O)[nH]1. The lowest BCUT2D eigenvalue weighted by Gasteiger charge is -2.02. The molecule has 178 valence electrons. The van der Waals surface area contributed by atoms with Gasteiger partial charge in [0.1, 0.15) is 0 Å². The number of aromatic nitrogens is 1. The van der Waals surface area contributed by atoms with Crippen LogP contribution >= 0.6 is 0 Å². The van der Waals surface area contributed by atoms with E-state index in [2.05, 4.69) is 35.4 Å². The van der Waals surface area contributed by atoms with Crippen LogP contribution < -0.4 is 0 Å². The first-order valence-corrected chi connectivity index (χ1v) is 13.2. The molecule has 1 heterocycles. The summed E-state index contributed by atoms with van der Waals surface area (Å²) in [5.41, 5.74) is 1.84. The number of nitriles is 1. The molecule has 3 heteroatoms. The summed E-state index contributed by atoms with van der Waals surface area (Å²) in [5.74, 6) is 0. The minimum atomic E-state index is 0.675. The van der Waals surface area contributed by atoms with E-state index in [1.54, 1.807) is 0 Å². The van der Waals surface area contributed by atoms with Crippen LogP contribution in [0, 0.1) is 11.3 Å². The van der Waals surface area contributed by atoms with Gasteiger partial charge in [-0.2, -0.15) is 5.26 Å². The van der Waals surface area contributed by atoms with Gasteiger partial charge in [0.15, 0.2) is 6.29 Å². The van der Waals surface area contributed by atoms with E-state index in [-0.39, 0.29) is 0 Å². The van der Waals surface area contributed by atoms with Crippen molar-refractivity contribution in [3.8, 4) is 6.07 Å². The minimum Gasteiger partial charge on any atom is -0.356 e. The lowest BCUT2D eigenvalue weighted by molar-refractivity contribution is 0.111. The lowest BCUT2D eigenvalue weighted by atomic mass is 10.0. The fraction of sp³-hybridized carbons (Fsp3) is 0.655. The highest BCUT2D eigenvalue weighted by Gasteiger charge is 1.97. The molecule has 32 heavy (non-hydrogen) atoms. The molecule has 0 aliphatic heterocycles. The van der Waals surface area contributed by atoms with Crippen LogP contribution in [-0.4, -0.2) is 11.3 Å². The number of unbranched alkanes of at least 4 members (excludes halogenated alkanes) is 15. The quantitative estimate of drug-likeness (QED) is 0.111. The summed E-state index contributed by atoms with van der Waals surface area (Å²) in [7, 11) is 0. The highest BCUT2D eigenvalue weighted by atomic mass is 16.1. The predicted octanol–water partition coefficient (Wildman–Crippen LogP) is 9.03. The van der Waals surface area contributed by atoms with E-state index < -0.39 is 0 Å². The summed E-state index contributed by atoms with van der Waals surface area (Å²) >= 11 is 0. The minimum absolute atomic E-state index is 0.675. The number of hydrogen-bond acceptors (Lipinski definition) is 2. The van der Waals surface area contributed by atoms with E-state index in [4.69, 9.17) is 5.26 Å². The molecule has 0 saturated carbocycles. The molecule has 0 aliphatic carbocycles. The van der Waals surface area contributed by atoms with Gasteiger partial charge in [-0.05, 0) is 63.5 Å². The van der Waals surface area contributed by atoms with Gasteiger partial charge in [0.05, 0.1) is 11.8 Å². The van der Waals surface area contributed by atoms with Crippen LogP contribution in [0.15, 0.2) is 36.4 Å². The van der Waals surface area contributed by atoms with Gasteiger partial charge in [0, 0.05) is 12.1 Å². The van der Waals surface area contributed by atoms with Gasteiger partial charge < -0.3 is 4.98 Å². The van der Waals surface area contributed by atoms with Crippen molar-refractivity contribution in [2.24, 2.45) is 0 Å². The first-order valence-electron chi connectivity index (χ1n) is 13.2. The highest BCUT2D eigenvalue weighted by Crippen LogP contribution is 2.13. The van der Waals surface area contributed by atoms with Gasteiger partial charge in [-0.25, -0.2) is 0 Å². The van der Waals surface area contributed by atoms with Gasteiger partial charge >= 0.3 is 0 Å². The fourth-order valence-corrected chi connectivity index (χ4v) is 3.99. The average Bonchev–Trinajstić information content (AvgIpc) is 3.27. The Balaban J connectivity index is 1.76. The number of carbonyl (C=O) groups excluding carboxylic acids is 1. The Bertz CT molecular complexity index is 650. The van der Waals surface area contributed by atoms with Crippen molar-refractivity contribution < 1.29 is 4.79 Å². The zero-order valence-corrected chi connectivity index (χ0v) is 20.3. The van der Waals surface area contributed by atoms with Crippen molar-refractivity contribution in [2.75, 3.05) is 0 Å². The van der Waals surface area contributed by atoms with Gasteiger partial charge in [0.25, 0.3) is 0 Å². The summed E-state index contributed by atoms with van der Waals surface area (Å²) in [6, 6.07) is 6.08. The highest BCUT2D eigenvalue weighted by molar-refractivity contribution is 5.71. The first-order chi connectivity index (χ1) is 15.9. The van der Waals surface area contributed by atoms with E-state index in [0.29, 0.717) is 5.69 Å². The van der Waals surface area contributed by atoms with Crippen molar-refractivity contribution in [3.05, 3.63) is 47.8 Å². The topological polar surface area (TPSA) is 56.6 Å². The standard InChI is InChI=1S/C29H46N2O/c30-26-22-20-18-16-14-12-10-8-6-4-2-1-3-5-7-9-11-13-15-17-19-21-23-28-24-25-29(27-32)31-28/h7,9,13,15,24-25,27,31H,1-6,8,10-12,14,16-23H2/b9-7-,15-13-. The summed E-state index contributed by atoms with van der Waals surface area (Å²) in [5, 5.41) is 8.50. The van der Waals surface area contributed by atoms with Crippen molar-refractivity contribution >= 4 is 6.29 Å². The molecule has 1 aromatic heterocycles. The number of rotatable bonds is 22. The summed E-state index contributed by atoms with van der Waals surface area (Å²) in [4.78, 5) is 13.8. The molecule has 0 saturated heterocycles. The van der Waals surface area contributed by atoms with Crippen LogP contribution in [0.4, 0.5) is 0 Å². The van der Waals surface area contributed by atoms with Crippen LogP contribution in [-0.2, 0) is 6.42 Å². The Labute approximate surface area is 197 Å². The third-order valence-corrected chi connectivity index (χ3v) is 5.98. The smallest absolute Gasteiger partial charge is 0.166 e. The van der Waals surface area contributed by atoms with Crippen LogP contribution in [0.1, 0.15) is 132 Å². The van der Waals surface area contributed by atoms with Gasteiger partial charge in [-0.1, -0.05) is 88.5 Å². The Hall–Kier alpha value is -2.08. The number of aldehydes is 1. The van der Waals surface area contributed by atoms with Gasteiger partial charge in [-0.3, -0.25) is 4.79 Å².